The summed E-state index contributed by atoms with van der Waals surface area (Å²) in [7, 11) is 1.83. The van der Waals surface area contributed by atoms with Crippen LogP contribution < -0.4 is 5.32 Å². The van der Waals surface area contributed by atoms with E-state index >= 15 is 0 Å². The Morgan fingerprint density at radius 2 is 2.31 bits per heavy atom. The number of piperidine rings is 1. The molecule has 2 atom stereocenters. The molecule has 0 aromatic rings. The predicted molar refractivity (Wildman–Crippen MR) is 64.2 cm³/mol. The Morgan fingerprint density at radius 3 is 2.81 bits per heavy atom. The Bertz CT molecular complexity index is 245. The molecule has 2 unspecified atom stereocenters. The van der Waals surface area contributed by atoms with E-state index in [4.69, 9.17) is 5.11 Å². The van der Waals surface area contributed by atoms with Crippen LogP contribution in [0.25, 0.3) is 0 Å². The monoisotopic (exact) mass is 228 g/mol. The van der Waals surface area contributed by atoms with Crippen molar-refractivity contribution in [1.29, 1.82) is 0 Å². The first-order valence-electron chi connectivity index (χ1n) is 6.18. The predicted octanol–water partition coefficient (Wildman–Crippen LogP) is 0.748. The van der Waals surface area contributed by atoms with Crippen LogP contribution in [0.3, 0.4) is 0 Å². The van der Waals surface area contributed by atoms with Gasteiger partial charge in [0.15, 0.2) is 0 Å². The average Bonchev–Trinajstić information content (AvgIpc) is 2.29. The molecule has 94 valence electrons. The molecule has 0 spiro atoms. The zero-order chi connectivity index (χ0) is 12.2. The van der Waals surface area contributed by atoms with Crippen LogP contribution in [0.5, 0.6) is 0 Å². The van der Waals surface area contributed by atoms with E-state index in [9.17, 15) is 4.79 Å². The van der Waals surface area contributed by atoms with Crippen molar-refractivity contribution >= 4 is 5.91 Å². The summed E-state index contributed by atoms with van der Waals surface area (Å²) in [6.07, 6.45) is 3.50. The number of aliphatic hydroxyl groups excluding tert-OH is 1. The zero-order valence-electron chi connectivity index (χ0n) is 10.6. The molecule has 1 rings (SSSR count). The number of aliphatic hydroxyl groups is 1. The summed E-state index contributed by atoms with van der Waals surface area (Å²) >= 11 is 0. The van der Waals surface area contributed by atoms with Gasteiger partial charge in [0.05, 0.1) is 6.04 Å². The molecule has 0 saturated carbocycles. The lowest BCUT2D eigenvalue weighted by atomic mass is 9.89. The summed E-state index contributed by atoms with van der Waals surface area (Å²) in [6.45, 7) is 5.10. The van der Waals surface area contributed by atoms with E-state index in [-0.39, 0.29) is 24.1 Å². The van der Waals surface area contributed by atoms with Gasteiger partial charge in [0.2, 0.25) is 5.91 Å². The van der Waals surface area contributed by atoms with Gasteiger partial charge >= 0.3 is 0 Å². The molecule has 1 fully saturated rings. The van der Waals surface area contributed by atoms with Crippen molar-refractivity contribution in [2.24, 2.45) is 0 Å². The average molecular weight is 228 g/mol. The van der Waals surface area contributed by atoms with Gasteiger partial charge in [-0.15, -0.1) is 0 Å². The van der Waals surface area contributed by atoms with Gasteiger partial charge in [0, 0.05) is 18.7 Å². The minimum atomic E-state index is -0.193. The van der Waals surface area contributed by atoms with Gasteiger partial charge in [0.1, 0.15) is 0 Å². The summed E-state index contributed by atoms with van der Waals surface area (Å²) in [5, 5.41) is 12.2. The normalized spacial score (nSPS) is 25.6. The van der Waals surface area contributed by atoms with Crippen LogP contribution in [-0.2, 0) is 4.79 Å². The second-order valence-electron chi connectivity index (χ2n) is 4.80. The number of nitrogens with one attached hydrogen (secondary N) is 1. The molecule has 2 N–H and O–H groups in total. The summed E-state index contributed by atoms with van der Waals surface area (Å²) in [5.41, 5.74) is -0.193. The molecule has 4 nitrogen and oxygen atoms in total. The van der Waals surface area contributed by atoms with E-state index in [0.717, 1.165) is 25.8 Å². The van der Waals surface area contributed by atoms with E-state index < -0.39 is 0 Å². The lowest BCUT2D eigenvalue weighted by molar-refractivity contribution is -0.143. The van der Waals surface area contributed by atoms with Crippen LogP contribution in [0.15, 0.2) is 0 Å². The SMILES string of the molecule is CCC(C)(CCO)N1CCCC(NC)C1=O. The number of rotatable bonds is 5. The fraction of sp³-hybridized carbons (Fsp3) is 0.917. The lowest BCUT2D eigenvalue weighted by Gasteiger charge is -2.45. The van der Waals surface area contributed by atoms with E-state index in [1.54, 1.807) is 0 Å². The Hall–Kier alpha value is -0.610. The van der Waals surface area contributed by atoms with Gasteiger partial charge in [-0.1, -0.05) is 6.92 Å². The van der Waals surface area contributed by atoms with Crippen molar-refractivity contribution < 1.29 is 9.90 Å². The second-order valence-corrected chi connectivity index (χ2v) is 4.80. The molecule has 0 radical (unpaired) electrons. The molecule has 0 aromatic carbocycles. The molecular formula is C12H24N2O2. The maximum absolute atomic E-state index is 12.2. The van der Waals surface area contributed by atoms with Gasteiger partial charge in [-0.2, -0.15) is 0 Å². The highest BCUT2D eigenvalue weighted by atomic mass is 16.3. The minimum absolute atomic E-state index is 0.0432. The fourth-order valence-electron chi connectivity index (χ4n) is 2.42. The molecular weight excluding hydrogens is 204 g/mol. The quantitative estimate of drug-likeness (QED) is 0.730. The number of nitrogens with zero attached hydrogens (tertiary/aromatic N) is 1. The van der Waals surface area contributed by atoms with Crippen molar-refractivity contribution in [1.82, 2.24) is 10.2 Å². The second kappa shape index (κ2) is 5.64. The van der Waals surface area contributed by atoms with Crippen molar-refractivity contribution in [3.05, 3.63) is 0 Å². The van der Waals surface area contributed by atoms with E-state index in [0.29, 0.717) is 6.42 Å². The highest BCUT2D eigenvalue weighted by molar-refractivity contribution is 5.83. The standard InChI is InChI=1S/C12H24N2O2/c1-4-12(2,7-9-15)14-8-5-6-10(13-3)11(14)16/h10,13,15H,4-9H2,1-3H3. The smallest absolute Gasteiger partial charge is 0.240 e. The van der Waals surface area contributed by atoms with Crippen LogP contribution in [-0.4, -0.2) is 47.7 Å². The molecule has 1 saturated heterocycles. The summed E-state index contributed by atoms with van der Waals surface area (Å²) in [5.74, 6) is 0.187. The van der Waals surface area contributed by atoms with Crippen LogP contribution >= 0.6 is 0 Å². The van der Waals surface area contributed by atoms with Crippen molar-refractivity contribution in [3.63, 3.8) is 0 Å². The van der Waals surface area contributed by atoms with Gasteiger partial charge in [-0.25, -0.2) is 0 Å². The Kier molecular flexibility index (Phi) is 4.74. The highest BCUT2D eigenvalue weighted by Gasteiger charge is 2.38. The summed E-state index contributed by atoms with van der Waals surface area (Å²) in [4.78, 5) is 14.2. The minimum Gasteiger partial charge on any atom is -0.396 e. The molecule has 1 heterocycles. The molecule has 0 aliphatic carbocycles. The zero-order valence-corrected chi connectivity index (χ0v) is 10.6. The van der Waals surface area contributed by atoms with Crippen LogP contribution in [0, 0.1) is 0 Å². The molecule has 4 heteroatoms. The Balaban J connectivity index is 2.80. The molecule has 1 aliphatic rings. The highest BCUT2D eigenvalue weighted by Crippen LogP contribution is 2.27. The van der Waals surface area contributed by atoms with Crippen LogP contribution in [0.2, 0.25) is 0 Å². The van der Waals surface area contributed by atoms with E-state index in [1.807, 2.05) is 11.9 Å². The number of hydrogen-bond acceptors (Lipinski definition) is 3. The topological polar surface area (TPSA) is 52.6 Å². The number of hydrogen-bond donors (Lipinski definition) is 2. The van der Waals surface area contributed by atoms with Gasteiger partial charge in [0.25, 0.3) is 0 Å². The number of carbonyl (C=O) groups excluding carboxylic acids is 1. The van der Waals surface area contributed by atoms with Gasteiger partial charge in [-0.3, -0.25) is 4.79 Å². The molecule has 1 amide bonds. The number of likely N-dealkylation sites (N-methyl/N-ethyl adjacent to an activating group) is 1. The Morgan fingerprint density at radius 1 is 1.62 bits per heavy atom. The van der Waals surface area contributed by atoms with Crippen molar-refractivity contribution in [3.8, 4) is 0 Å². The maximum Gasteiger partial charge on any atom is 0.240 e. The third-order valence-electron chi connectivity index (χ3n) is 3.85. The first kappa shape index (κ1) is 13.5. The third kappa shape index (κ3) is 2.55. The first-order valence-corrected chi connectivity index (χ1v) is 6.18. The number of carbonyl (C=O) groups is 1. The maximum atomic E-state index is 12.2. The summed E-state index contributed by atoms with van der Waals surface area (Å²) < 4.78 is 0. The molecule has 0 bridgehead atoms. The van der Waals surface area contributed by atoms with Crippen molar-refractivity contribution in [2.45, 2.75) is 51.1 Å². The number of amides is 1. The molecule has 0 aromatic heterocycles. The van der Waals surface area contributed by atoms with Crippen molar-refractivity contribution in [2.75, 3.05) is 20.2 Å². The van der Waals surface area contributed by atoms with Gasteiger partial charge < -0.3 is 15.3 Å². The van der Waals surface area contributed by atoms with Crippen LogP contribution in [0.4, 0.5) is 0 Å². The fourth-order valence-corrected chi connectivity index (χ4v) is 2.42. The van der Waals surface area contributed by atoms with E-state index in [2.05, 4.69) is 19.2 Å². The first-order chi connectivity index (χ1) is 7.59. The van der Waals surface area contributed by atoms with E-state index in [1.165, 1.54) is 0 Å². The number of likely N-dealkylation sites (tertiary alicyclic amines) is 1. The molecule has 1 aliphatic heterocycles. The lowest BCUT2D eigenvalue weighted by Crippen LogP contribution is -2.58. The Labute approximate surface area is 98.0 Å². The third-order valence-corrected chi connectivity index (χ3v) is 3.85. The molecule has 16 heavy (non-hydrogen) atoms. The largest absolute Gasteiger partial charge is 0.396 e. The van der Waals surface area contributed by atoms with Crippen LogP contribution in [0.1, 0.15) is 39.5 Å². The summed E-state index contributed by atoms with van der Waals surface area (Å²) in [6, 6.07) is -0.0432. The van der Waals surface area contributed by atoms with Gasteiger partial charge in [-0.05, 0) is 39.7 Å².